The van der Waals surface area contributed by atoms with Crippen LogP contribution in [0.2, 0.25) is 0 Å². The molecule has 0 aliphatic carbocycles. The zero-order valence-corrected chi connectivity index (χ0v) is 9.85. The minimum absolute atomic E-state index is 0.0354. The van der Waals surface area contributed by atoms with E-state index in [1.807, 2.05) is 6.92 Å². The highest BCUT2D eigenvalue weighted by molar-refractivity contribution is 5.35. The fourth-order valence-corrected chi connectivity index (χ4v) is 2.18. The molecule has 0 spiro atoms. The van der Waals surface area contributed by atoms with Crippen LogP contribution in [0, 0.1) is 5.92 Å². The number of anilines is 1. The van der Waals surface area contributed by atoms with Crippen molar-refractivity contribution in [1.29, 1.82) is 0 Å². The number of nitrogens with zero attached hydrogens (tertiary/aromatic N) is 3. The van der Waals surface area contributed by atoms with Crippen molar-refractivity contribution in [2.45, 2.75) is 25.6 Å². The first-order valence-electron chi connectivity index (χ1n) is 5.71. The first kappa shape index (κ1) is 13.1. The van der Waals surface area contributed by atoms with E-state index in [2.05, 4.69) is 9.97 Å². The van der Waals surface area contributed by atoms with Gasteiger partial charge in [-0.3, -0.25) is 0 Å². The summed E-state index contributed by atoms with van der Waals surface area (Å²) in [6.45, 7) is 2.41. The van der Waals surface area contributed by atoms with E-state index >= 15 is 0 Å². The molecule has 2 unspecified atom stereocenters. The summed E-state index contributed by atoms with van der Waals surface area (Å²) in [4.78, 5) is 9.05. The molecule has 4 nitrogen and oxygen atoms in total. The average Bonchev–Trinajstić information content (AvgIpc) is 2.69. The van der Waals surface area contributed by atoms with Crippen molar-refractivity contribution in [2.75, 3.05) is 18.1 Å². The third kappa shape index (κ3) is 2.40. The number of aliphatic hydroxyl groups is 1. The standard InChI is InChI=1S/C11H14F3N3O/c1-7-3-5-17(8(7)6-18)10-15-4-2-9(16-10)11(12,13)14/h2,4,7-8,18H,3,5-6H2,1H3. The van der Waals surface area contributed by atoms with Crippen LogP contribution < -0.4 is 4.90 Å². The summed E-state index contributed by atoms with van der Waals surface area (Å²) < 4.78 is 37.7. The molecule has 7 heteroatoms. The Morgan fingerprint density at radius 3 is 2.83 bits per heavy atom. The monoisotopic (exact) mass is 261 g/mol. The third-order valence-corrected chi connectivity index (χ3v) is 3.26. The normalized spacial score (nSPS) is 24.6. The van der Waals surface area contributed by atoms with E-state index in [9.17, 15) is 18.3 Å². The third-order valence-electron chi connectivity index (χ3n) is 3.26. The van der Waals surface area contributed by atoms with Crippen LogP contribution in [0.25, 0.3) is 0 Å². The highest BCUT2D eigenvalue weighted by Crippen LogP contribution is 2.31. The lowest BCUT2D eigenvalue weighted by Crippen LogP contribution is -2.36. The molecule has 1 aromatic rings. The van der Waals surface area contributed by atoms with Gasteiger partial charge in [0.15, 0.2) is 0 Å². The number of aromatic nitrogens is 2. The fraction of sp³-hybridized carbons (Fsp3) is 0.636. The molecule has 0 bridgehead atoms. The van der Waals surface area contributed by atoms with Gasteiger partial charge in [0.1, 0.15) is 5.69 Å². The SMILES string of the molecule is CC1CCN(c2nccc(C(F)(F)F)n2)C1CO. The lowest BCUT2D eigenvalue weighted by molar-refractivity contribution is -0.141. The van der Waals surface area contributed by atoms with Crippen LogP contribution in [0.1, 0.15) is 19.0 Å². The van der Waals surface area contributed by atoms with E-state index in [0.717, 1.165) is 18.7 Å². The second-order valence-electron chi connectivity index (χ2n) is 4.45. The Balaban J connectivity index is 2.29. The predicted molar refractivity (Wildman–Crippen MR) is 59.0 cm³/mol. The van der Waals surface area contributed by atoms with Gasteiger partial charge in [-0.15, -0.1) is 0 Å². The topological polar surface area (TPSA) is 49.2 Å². The minimum Gasteiger partial charge on any atom is -0.394 e. The van der Waals surface area contributed by atoms with Crippen LogP contribution in [0.4, 0.5) is 19.1 Å². The van der Waals surface area contributed by atoms with Gasteiger partial charge in [0, 0.05) is 12.7 Å². The van der Waals surface area contributed by atoms with Gasteiger partial charge in [-0.05, 0) is 18.4 Å². The minimum atomic E-state index is -4.47. The zero-order valence-electron chi connectivity index (χ0n) is 9.85. The van der Waals surface area contributed by atoms with E-state index in [1.54, 1.807) is 4.90 Å². The maximum atomic E-state index is 12.6. The molecule has 1 aliphatic heterocycles. The van der Waals surface area contributed by atoms with Gasteiger partial charge >= 0.3 is 6.18 Å². The maximum Gasteiger partial charge on any atom is 0.433 e. The van der Waals surface area contributed by atoms with E-state index in [-0.39, 0.29) is 24.5 Å². The molecule has 2 atom stereocenters. The average molecular weight is 261 g/mol. The lowest BCUT2D eigenvalue weighted by Gasteiger charge is -2.25. The Kier molecular flexibility index (Phi) is 3.43. The summed E-state index contributed by atoms with van der Waals surface area (Å²) >= 11 is 0. The molecular weight excluding hydrogens is 247 g/mol. The van der Waals surface area contributed by atoms with Gasteiger partial charge in [0.2, 0.25) is 5.95 Å². The molecule has 2 rings (SSSR count). The van der Waals surface area contributed by atoms with Crippen LogP contribution in [0.5, 0.6) is 0 Å². The molecule has 1 fully saturated rings. The summed E-state index contributed by atoms with van der Waals surface area (Å²) in [5, 5.41) is 9.28. The van der Waals surface area contributed by atoms with Crippen molar-refractivity contribution in [3.63, 3.8) is 0 Å². The molecule has 0 saturated carbocycles. The molecule has 18 heavy (non-hydrogen) atoms. The number of alkyl halides is 3. The van der Waals surface area contributed by atoms with Gasteiger partial charge in [0.05, 0.1) is 12.6 Å². The zero-order chi connectivity index (χ0) is 13.3. The first-order chi connectivity index (χ1) is 8.43. The van der Waals surface area contributed by atoms with E-state index in [0.29, 0.717) is 6.54 Å². The highest BCUT2D eigenvalue weighted by atomic mass is 19.4. The molecule has 0 amide bonds. The molecule has 1 saturated heterocycles. The predicted octanol–water partition coefficient (Wildman–Crippen LogP) is 1.70. The van der Waals surface area contributed by atoms with Crippen LogP contribution in [0.15, 0.2) is 12.3 Å². The summed E-state index contributed by atoms with van der Waals surface area (Å²) in [6, 6.07) is 0.630. The van der Waals surface area contributed by atoms with Crippen LogP contribution in [-0.2, 0) is 6.18 Å². The second-order valence-corrected chi connectivity index (χ2v) is 4.45. The summed E-state index contributed by atoms with van der Waals surface area (Å²) in [5.41, 5.74) is -0.955. The van der Waals surface area contributed by atoms with Crippen molar-refractivity contribution < 1.29 is 18.3 Å². The molecule has 1 N–H and O–H groups in total. The Morgan fingerprint density at radius 2 is 2.22 bits per heavy atom. The Bertz CT molecular complexity index is 424. The Labute approximate surface area is 102 Å². The maximum absolute atomic E-state index is 12.6. The van der Waals surface area contributed by atoms with Crippen molar-refractivity contribution >= 4 is 5.95 Å². The molecule has 1 aromatic heterocycles. The molecule has 1 aliphatic rings. The van der Waals surface area contributed by atoms with Gasteiger partial charge in [-0.2, -0.15) is 13.2 Å². The van der Waals surface area contributed by atoms with Crippen LogP contribution in [0.3, 0.4) is 0 Å². The Hall–Kier alpha value is -1.37. The fourth-order valence-electron chi connectivity index (χ4n) is 2.18. The van der Waals surface area contributed by atoms with Crippen LogP contribution >= 0.6 is 0 Å². The quantitative estimate of drug-likeness (QED) is 0.880. The first-order valence-corrected chi connectivity index (χ1v) is 5.71. The molecular formula is C11H14F3N3O. The molecule has 0 aromatic carbocycles. The second kappa shape index (κ2) is 4.72. The number of hydrogen-bond acceptors (Lipinski definition) is 4. The van der Waals surface area contributed by atoms with Gasteiger partial charge in [0.25, 0.3) is 0 Å². The van der Waals surface area contributed by atoms with Crippen molar-refractivity contribution in [2.24, 2.45) is 5.92 Å². The van der Waals surface area contributed by atoms with Crippen molar-refractivity contribution in [3.8, 4) is 0 Å². The number of halogens is 3. The van der Waals surface area contributed by atoms with Gasteiger partial charge in [-0.1, -0.05) is 6.92 Å². The summed E-state index contributed by atoms with van der Waals surface area (Å²) in [6.07, 6.45) is -2.56. The number of rotatable bonds is 2. The highest BCUT2D eigenvalue weighted by Gasteiger charge is 2.36. The lowest BCUT2D eigenvalue weighted by atomic mass is 10.0. The molecule has 2 heterocycles. The number of aliphatic hydroxyl groups excluding tert-OH is 1. The smallest absolute Gasteiger partial charge is 0.394 e. The van der Waals surface area contributed by atoms with Crippen molar-refractivity contribution in [1.82, 2.24) is 9.97 Å². The van der Waals surface area contributed by atoms with E-state index < -0.39 is 11.9 Å². The molecule has 0 radical (unpaired) electrons. The van der Waals surface area contributed by atoms with Gasteiger partial charge in [-0.25, -0.2) is 9.97 Å². The summed E-state index contributed by atoms with van der Waals surface area (Å²) in [7, 11) is 0. The van der Waals surface area contributed by atoms with E-state index in [4.69, 9.17) is 0 Å². The largest absolute Gasteiger partial charge is 0.433 e. The molecule has 100 valence electrons. The van der Waals surface area contributed by atoms with E-state index in [1.165, 1.54) is 0 Å². The Morgan fingerprint density at radius 1 is 1.50 bits per heavy atom. The summed E-state index contributed by atoms with van der Waals surface area (Å²) in [5.74, 6) is 0.251. The van der Waals surface area contributed by atoms with Crippen molar-refractivity contribution in [3.05, 3.63) is 18.0 Å². The van der Waals surface area contributed by atoms with Gasteiger partial charge < -0.3 is 10.0 Å². The van der Waals surface area contributed by atoms with Crippen LogP contribution in [-0.4, -0.2) is 34.3 Å². The number of hydrogen-bond donors (Lipinski definition) is 1.